The van der Waals surface area contributed by atoms with Crippen molar-refractivity contribution in [1.29, 1.82) is 0 Å². The van der Waals surface area contributed by atoms with E-state index in [4.69, 9.17) is 4.74 Å². The SMILES string of the molecule is CCOC(C)c1nc(CC(=O)NCC2(O)CCCC2)cs1. The van der Waals surface area contributed by atoms with E-state index in [2.05, 4.69) is 10.3 Å². The molecule has 21 heavy (non-hydrogen) atoms. The number of hydrogen-bond acceptors (Lipinski definition) is 5. The average Bonchev–Trinajstić information content (AvgIpc) is 3.07. The second-order valence-corrected chi connectivity index (χ2v) is 6.55. The van der Waals surface area contributed by atoms with E-state index in [0.717, 1.165) is 36.4 Å². The van der Waals surface area contributed by atoms with Crippen LogP contribution in [0.1, 0.15) is 56.3 Å². The minimum Gasteiger partial charge on any atom is -0.388 e. The number of rotatable bonds is 7. The Morgan fingerprint density at radius 1 is 1.57 bits per heavy atom. The number of aliphatic hydroxyl groups is 1. The number of amides is 1. The van der Waals surface area contributed by atoms with Crippen LogP contribution in [0.15, 0.2) is 5.38 Å². The summed E-state index contributed by atoms with van der Waals surface area (Å²) in [7, 11) is 0. The van der Waals surface area contributed by atoms with E-state index in [0.29, 0.717) is 13.2 Å². The molecular formula is C15H24N2O3S. The zero-order chi connectivity index (χ0) is 15.3. The highest BCUT2D eigenvalue weighted by atomic mass is 32.1. The maximum Gasteiger partial charge on any atom is 0.226 e. The van der Waals surface area contributed by atoms with Gasteiger partial charge in [-0.3, -0.25) is 4.79 Å². The molecule has 1 heterocycles. The number of carbonyl (C=O) groups excluding carboxylic acids is 1. The van der Waals surface area contributed by atoms with Gasteiger partial charge in [-0.15, -0.1) is 11.3 Å². The van der Waals surface area contributed by atoms with Gasteiger partial charge in [-0.2, -0.15) is 0 Å². The third-order valence-corrected chi connectivity index (χ3v) is 4.88. The Hall–Kier alpha value is -0.980. The summed E-state index contributed by atoms with van der Waals surface area (Å²) in [6.07, 6.45) is 3.86. The van der Waals surface area contributed by atoms with Gasteiger partial charge in [-0.25, -0.2) is 4.98 Å². The topological polar surface area (TPSA) is 71.5 Å². The van der Waals surface area contributed by atoms with Gasteiger partial charge in [0.05, 0.1) is 17.7 Å². The van der Waals surface area contributed by atoms with Gasteiger partial charge in [0.2, 0.25) is 5.91 Å². The summed E-state index contributed by atoms with van der Waals surface area (Å²) in [5.74, 6) is -0.0868. The summed E-state index contributed by atoms with van der Waals surface area (Å²) >= 11 is 1.52. The summed E-state index contributed by atoms with van der Waals surface area (Å²) in [6, 6.07) is 0. The van der Waals surface area contributed by atoms with Crippen molar-refractivity contribution in [3.05, 3.63) is 16.1 Å². The molecule has 1 aliphatic carbocycles. The fourth-order valence-electron chi connectivity index (χ4n) is 2.61. The van der Waals surface area contributed by atoms with Gasteiger partial charge in [0.1, 0.15) is 11.1 Å². The highest BCUT2D eigenvalue weighted by Gasteiger charge is 2.31. The number of ether oxygens (including phenoxy) is 1. The van der Waals surface area contributed by atoms with Crippen LogP contribution in [0.2, 0.25) is 0 Å². The molecule has 1 fully saturated rings. The minimum absolute atomic E-state index is 0.0315. The lowest BCUT2D eigenvalue weighted by molar-refractivity contribution is -0.121. The molecule has 1 amide bonds. The van der Waals surface area contributed by atoms with Crippen molar-refractivity contribution in [2.75, 3.05) is 13.2 Å². The normalized spacial score (nSPS) is 18.6. The second-order valence-electron chi connectivity index (χ2n) is 5.66. The number of thiazole rings is 1. The van der Waals surface area contributed by atoms with Crippen molar-refractivity contribution in [2.45, 2.75) is 57.7 Å². The van der Waals surface area contributed by atoms with E-state index in [1.165, 1.54) is 11.3 Å². The van der Waals surface area contributed by atoms with Crippen molar-refractivity contribution >= 4 is 17.2 Å². The number of nitrogens with one attached hydrogen (secondary N) is 1. The standard InChI is InChI=1S/C15H24N2O3S/c1-3-20-11(2)14-17-12(9-21-14)8-13(18)16-10-15(19)6-4-5-7-15/h9,11,19H,3-8,10H2,1-2H3,(H,16,18). The molecule has 1 saturated carbocycles. The van der Waals surface area contributed by atoms with Crippen molar-refractivity contribution < 1.29 is 14.6 Å². The van der Waals surface area contributed by atoms with Crippen LogP contribution in [-0.4, -0.2) is 34.8 Å². The summed E-state index contributed by atoms with van der Waals surface area (Å²) < 4.78 is 5.49. The van der Waals surface area contributed by atoms with E-state index >= 15 is 0 Å². The fraction of sp³-hybridized carbons (Fsp3) is 0.733. The molecule has 0 aliphatic heterocycles. The number of carbonyl (C=O) groups is 1. The Balaban J connectivity index is 1.80. The third-order valence-electron chi connectivity index (χ3n) is 3.82. The molecule has 5 nitrogen and oxygen atoms in total. The van der Waals surface area contributed by atoms with Crippen LogP contribution in [-0.2, 0) is 16.0 Å². The minimum atomic E-state index is -0.702. The maximum atomic E-state index is 11.9. The molecule has 1 atom stereocenters. The Bertz CT molecular complexity index is 469. The zero-order valence-corrected chi connectivity index (χ0v) is 13.5. The highest BCUT2D eigenvalue weighted by Crippen LogP contribution is 2.28. The van der Waals surface area contributed by atoms with Crippen LogP contribution >= 0.6 is 11.3 Å². The Labute approximate surface area is 129 Å². The lowest BCUT2D eigenvalue weighted by atomic mass is 10.0. The lowest BCUT2D eigenvalue weighted by Crippen LogP contribution is -2.41. The average molecular weight is 312 g/mol. The third kappa shape index (κ3) is 4.76. The van der Waals surface area contributed by atoms with Crippen molar-refractivity contribution in [2.24, 2.45) is 0 Å². The van der Waals surface area contributed by atoms with Crippen LogP contribution in [0, 0.1) is 0 Å². The van der Waals surface area contributed by atoms with Crippen LogP contribution < -0.4 is 5.32 Å². The molecule has 118 valence electrons. The zero-order valence-electron chi connectivity index (χ0n) is 12.7. The molecule has 2 rings (SSSR count). The molecule has 1 aromatic heterocycles. The van der Waals surface area contributed by atoms with Crippen molar-refractivity contribution in [1.82, 2.24) is 10.3 Å². The molecule has 1 unspecified atom stereocenters. The van der Waals surface area contributed by atoms with Gasteiger partial charge in [0, 0.05) is 18.5 Å². The summed E-state index contributed by atoms with van der Waals surface area (Å²) in [5, 5.41) is 15.8. The van der Waals surface area contributed by atoms with Gasteiger partial charge in [-0.05, 0) is 26.7 Å². The quantitative estimate of drug-likeness (QED) is 0.810. The van der Waals surface area contributed by atoms with Gasteiger partial charge in [0.25, 0.3) is 0 Å². The summed E-state index contributed by atoms with van der Waals surface area (Å²) in [5.41, 5.74) is 0.0595. The molecule has 2 N–H and O–H groups in total. The number of nitrogens with zero attached hydrogens (tertiary/aromatic N) is 1. The Morgan fingerprint density at radius 2 is 2.29 bits per heavy atom. The van der Waals surface area contributed by atoms with Crippen LogP contribution in [0.4, 0.5) is 0 Å². The Morgan fingerprint density at radius 3 is 2.95 bits per heavy atom. The molecule has 0 aromatic carbocycles. The number of hydrogen-bond donors (Lipinski definition) is 2. The highest BCUT2D eigenvalue weighted by molar-refractivity contribution is 7.09. The molecule has 0 saturated heterocycles. The van der Waals surface area contributed by atoms with E-state index in [1.807, 2.05) is 19.2 Å². The summed E-state index contributed by atoms with van der Waals surface area (Å²) in [6.45, 7) is 4.90. The van der Waals surface area contributed by atoms with E-state index < -0.39 is 5.60 Å². The van der Waals surface area contributed by atoms with Gasteiger partial charge in [-0.1, -0.05) is 12.8 Å². The first-order chi connectivity index (χ1) is 10.0. The maximum absolute atomic E-state index is 11.9. The summed E-state index contributed by atoms with van der Waals surface area (Å²) in [4.78, 5) is 16.4. The largest absolute Gasteiger partial charge is 0.388 e. The van der Waals surface area contributed by atoms with Crippen LogP contribution in [0.25, 0.3) is 0 Å². The predicted octanol–water partition coefficient (Wildman–Crippen LogP) is 2.20. The van der Waals surface area contributed by atoms with Crippen molar-refractivity contribution in [3.63, 3.8) is 0 Å². The second kappa shape index (κ2) is 7.33. The molecule has 1 aromatic rings. The molecule has 0 bridgehead atoms. The van der Waals surface area contributed by atoms with Gasteiger partial charge in [0.15, 0.2) is 0 Å². The fourth-order valence-corrected chi connectivity index (χ4v) is 3.43. The smallest absolute Gasteiger partial charge is 0.226 e. The first-order valence-corrected chi connectivity index (χ1v) is 8.45. The van der Waals surface area contributed by atoms with E-state index in [-0.39, 0.29) is 18.4 Å². The molecule has 6 heteroatoms. The Kier molecular flexibility index (Phi) is 5.72. The monoisotopic (exact) mass is 312 g/mol. The van der Waals surface area contributed by atoms with E-state index in [9.17, 15) is 9.90 Å². The molecule has 0 radical (unpaired) electrons. The van der Waals surface area contributed by atoms with Gasteiger partial charge < -0.3 is 15.2 Å². The molecular weight excluding hydrogens is 288 g/mol. The lowest BCUT2D eigenvalue weighted by Gasteiger charge is -2.22. The number of aromatic nitrogens is 1. The van der Waals surface area contributed by atoms with Crippen LogP contribution in [0.5, 0.6) is 0 Å². The van der Waals surface area contributed by atoms with Crippen molar-refractivity contribution in [3.8, 4) is 0 Å². The molecule has 0 spiro atoms. The van der Waals surface area contributed by atoms with Crippen LogP contribution in [0.3, 0.4) is 0 Å². The first-order valence-electron chi connectivity index (χ1n) is 7.57. The molecule has 1 aliphatic rings. The predicted molar refractivity (Wildman–Crippen MR) is 82.3 cm³/mol. The van der Waals surface area contributed by atoms with Gasteiger partial charge >= 0.3 is 0 Å². The first kappa shape index (κ1) is 16.4. The van der Waals surface area contributed by atoms with E-state index in [1.54, 1.807) is 0 Å².